The van der Waals surface area contributed by atoms with Gasteiger partial charge < -0.3 is 14.9 Å². The number of pyridine rings is 2. The van der Waals surface area contributed by atoms with Crippen LogP contribution in [0.25, 0.3) is 22.3 Å². The maximum absolute atomic E-state index is 13.1. The van der Waals surface area contributed by atoms with Gasteiger partial charge in [-0.05, 0) is 18.6 Å². The lowest BCUT2D eigenvalue weighted by Gasteiger charge is -2.32. The number of aliphatic hydroxyl groups is 1. The zero-order valence-electron chi connectivity index (χ0n) is 14.5. The molecule has 7 nitrogen and oxygen atoms in total. The van der Waals surface area contributed by atoms with Gasteiger partial charge in [-0.15, -0.1) is 0 Å². The van der Waals surface area contributed by atoms with Gasteiger partial charge in [0.2, 0.25) is 0 Å². The molecular weight excluding hydrogens is 348 g/mol. The molecule has 0 saturated carbocycles. The molecule has 1 aromatic carbocycles. The molecule has 5 rings (SSSR count). The molecular formula is C20H16N2O5. The van der Waals surface area contributed by atoms with Gasteiger partial charge in [0.15, 0.2) is 5.60 Å². The summed E-state index contributed by atoms with van der Waals surface area (Å²) in [5.74, 6) is -1.14. The number of aromatic nitrogens is 2. The average molecular weight is 364 g/mol. The van der Waals surface area contributed by atoms with Gasteiger partial charge in [-0.1, -0.05) is 25.1 Å². The topological polar surface area (TPSA) is 102 Å². The monoisotopic (exact) mass is 364 g/mol. The second kappa shape index (κ2) is 5.17. The van der Waals surface area contributed by atoms with E-state index in [4.69, 9.17) is 4.74 Å². The lowest BCUT2D eigenvalue weighted by Crippen LogP contribution is -2.44. The van der Waals surface area contributed by atoms with Crippen molar-refractivity contribution in [1.82, 2.24) is 9.55 Å². The van der Waals surface area contributed by atoms with Crippen LogP contribution in [0.15, 0.2) is 35.1 Å². The molecule has 4 heterocycles. The molecule has 3 aromatic rings. The lowest BCUT2D eigenvalue weighted by molar-refractivity contribution is -0.172. The summed E-state index contributed by atoms with van der Waals surface area (Å²) in [6, 6.07) is 9.50. The first-order valence-electron chi connectivity index (χ1n) is 8.73. The van der Waals surface area contributed by atoms with Gasteiger partial charge >= 0.3 is 5.97 Å². The molecule has 0 radical (unpaired) electrons. The maximum atomic E-state index is 13.1. The third-order valence-electron chi connectivity index (χ3n) is 5.50. The van der Waals surface area contributed by atoms with Crippen LogP contribution in [0.5, 0.6) is 5.75 Å². The SMILES string of the molecule is CC[C@@]1(O)C(=O)OCc2c1c(O)c1n(c2=O)Cc2cc3ccccc3nc2-1. The molecule has 0 aliphatic carbocycles. The number of para-hydroxylation sites is 1. The number of cyclic esters (lactones) is 1. The third-order valence-corrected chi connectivity index (χ3v) is 5.50. The Kier molecular flexibility index (Phi) is 3.07. The third kappa shape index (κ3) is 1.92. The molecule has 0 fully saturated rings. The van der Waals surface area contributed by atoms with Crippen LogP contribution in [0.4, 0.5) is 0 Å². The van der Waals surface area contributed by atoms with Crippen LogP contribution < -0.4 is 5.56 Å². The van der Waals surface area contributed by atoms with Crippen molar-refractivity contribution in [2.75, 3.05) is 0 Å². The second-order valence-corrected chi connectivity index (χ2v) is 6.92. The molecule has 2 aliphatic heterocycles. The Bertz CT molecular complexity index is 1210. The molecule has 0 amide bonds. The Morgan fingerprint density at radius 2 is 2.07 bits per heavy atom. The highest BCUT2D eigenvalue weighted by molar-refractivity contribution is 5.88. The van der Waals surface area contributed by atoms with E-state index in [0.717, 1.165) is 16.5 Å². The molecule has 0 spiro atoms. The number of fused-ring (bicyclic) bond motifs is 5. The van der Waals surface area contributed by atoms with E-state index >= 15 is 0 Å². The molecule has 1 atom stereocenters. The summed E-state index contributed by atoms with van der Waals surface area (Å²) >= 11 is 0. The highest BCUT2D eigenvalue weighted by Crippen LogP contribution is 2.45. The number of ether oxygens (including phenoxy) is 1. The fraction of sp³-hybridized carbons (Fsp3) is 0.250. The van der Waals surface area contributed by atoms with E-state index in [0.29, 0.717) is 5.69 Å². The predicted octanol–water partition coefficient (Wildman–Crippen LogP) is 1.79. The molecule has 2 N–H and O–H groups in total. The first-order valence-corrected chi connectivity index (χ1v) is 8.73. The predicted molar refractivity (Wildman–Crippen MR) is 96.2 cm³/mol. The molecule has 2 aliphatic rings. The van der Waals surface area contributed by atoms with E-state index in [-0.39, 0.29) is 47.7 Å². The van der Waals surface area contributed by atoms with Gasteiger partial charge in [0, 0.05) is 10.9 Å². The minimum absolute atomic E-state index is 0.0205. The largest absolute Gasteiger partial charge is 0.505 e. The van der Waals surface area contributed by atoms with Crippen molar-refractivity contribution >= 4 is 16.9 Å². The van der Waals surface area contributed by atoms with E-state index in [1.54, 1.807) is 6.92 Å². The first-order chi connectivity index (χ1) is 13.0. The number of aromatic hydroxyl groups is 1. The van der Waals surface area contributed by atoms with Crippen LogP contribution in [0.2, 0.25) is 0 Å². The van der Waals surface area contributed by atoms with Crippen molar-refractivity contribution in [2.45, 2.75) is 32.1 Å². The Labute approximate surface area is 153 Å². The Hall–Kier alpha value is -3.19. The van der Waals surface area contributed by atoms with Gasteiger partial charge in [0.25, 0.3) is 5.56 Å². The van der Waals surface area contributed by atoms with Crippen LogP contribution in [0.3, 0.4) is 0 Å². The van der Waals surface area contributed by atoms with Crippen LogP contribution in [0.1, 0.15) is 30.0 Å². The summed E-state index contributed by atoms with van der Waals surface area (Å²) in [5, 5.41) is 22.8. The average Bonchev–Trinajstić information content (AvgIpc) is 3.05. The summed E-state index contributed by atoms with van der Waals surface area (Å²) in [5.41, 5.74) is -0.122. The van der Waals surface area contributed by atoms with Crippen molar-refractivity contribution in [2.24, 2.45) is 0 Å². The number of nitrogens with zero attached hydrogens (tertiary/aromatic N) is 2. The number of benzene rings is 1. The van der Waals surface area contributed by atoms with Gasteiger partial charge in [0.1, 0.15) is 18.1 Å². The number of hydrogen-bond donors (Lipinski definition) is 2. The molecule has 7 heteroatoms. The van der Waals surface area contributed by atoms with Crippen molar-refractivity contribution in [3.05, 3.63) is 57.4 Å². The summed E-state index contributed by atoms with van der Waals surface area (Å²) in [7, 11) is 0. The normalized spacial score (nSPS) is 20.1. The summed E-state index contributed by atoms with van der Waals surface area (Å²) < 4.78 is 6.45. The number of carbonyl (C=O) groups excluding carboxylic acids is 1. The van der Waals surface area contributed by atoms with Crippen LogP contribution >= 0.6 is 0 Å². The lowest BCUT2D eigenvalue weighted by atomic mass is 9.85. The summed E-state index contributed by atoms with van der Waals surface area (Å²) in [6.07, 6.45) is -0.0205. The quantitative estimate of drug-likeness (QED) is 0.499. The zero-order chi connectivity index (χ0) is 18.9. The van der Waals surface area contributed by atoms with Crippen LogP contribution in [-0.4, -0.2) is 25.7 Å². The number of hydrogen-bond acceptors (Lipinski definition) is 6. The Morgan fingerprint density at radius 3 is 2.85 bits per heavy atom. The molecule has 27 heavy (non-hydrogen) atoms. The number of carbonyl (C=O) groups is 1. The van der Waals surface area contributed by atoms with Gasteiger partial charge in [-0.25, -0.2) is 9.78 Å². The van der Waals surface area contributed by atoms with E-state index in [1.165, 1.54) is 4.57 Å². The van der Waals surface area contributed by atoms with Crippen LogP contribution in [-0.2, 0) is 28.3 Å². The zero-order valence-corrected chi connectivity index (χ0v) is 14.5. The van der Waals surface area contributed by atoms with Gasteiger partial charge in [0.05, 0.1) is 28.9 Å². The molecule has 0 bridgehead atoms. The molecule has 0 unspecified atom stereocenters. The number of esters is 1. The van der Waals surface area contributed by atoms with Crippen LogP contribution in [0, 0.1) is 0 Å². The second-order valence-electron chi connectivity index (χ2n) is 6.92. The first kappa shape index (κ1) is 16.0. The summed E-state index contributed by atoms with van der Waals surface area (Å²) in [6.45, 7) is 1.59. The van der Waals surface area contributed by atoms with Gasteiger partial charge in [-0.2, -0.15) is 0 Å². The minimum Gasteiger partial charge on any atom is -0.505 e. The van der Waals surface area contributed by atoms with E-state index in [2.05, 4.69) is 4.98 Å². The Morgan fingerprint density at radius 1 is 1.30 bits per heavy atom. The van der Waals surface area contributed by atoms with E-state index < -0.39 is 11.6 Å². The molecule has 2 aromatic heterocycles. The minimum atomic E-state index is -2.05. The Balaban J connectivity index is 1.87. The fourth-order valence-corrected chi connectivity index (χ4v) is 4.07. The number of rotatable bonds is 1. The van der Waals surface area contributed by atoms with Crippen molar-refractivity contribution in [3.8, 4) is 17.1 Å². The van der Waals surface area contributed by atoms with Gasteiger partial charge in [-0.3, -0.25) is 9.36 Å². The van der Waals surface area contributed by atoms with E-state index in [9.17, 15) is 19.8 Å². The smallest absolute Gasteiger partial charge is 0.343 e. The van der Waals surface area contributed by atoms with Crippen molar-refractivity contribution in [3.63, 3.8) is 0 Å². The van der Waals surface area contributed by atoms with Crippen molar-refractivity contribution in [1.29, 1.82) is 0 Å². The maximum Gasteiger partial charge on any atom is 0.343 e. The van der Waals surface area contributed by atoms with E-state index in [1.807, 2.05) is 30.3 Å². The molecule has 136 valence electrons. The highest BCUT2D eigenvalue weighted by Gasteiger charge is 2.48. The van der Waals surface area contributed by atoms with Crippen molar-refractivity contribution < 1.29 is 19.7 Å². The fourth-order valence-electron chi connectivity index (χ4n) is 4.07. The standard InChI is InChI=1S/C20H16N2O5/c1-2-20(26)14-12(9-27-19(20)25)18(24)22-8-11-7-10-5-3-4-6-13(10)21-15(11)16(22)17(14)23/h3-7,23,26H,2,8-9H2,1H3/t20-/m0/s1. The summed E-state index contributed by atoms with van der Waals surface area (Å²) in [4.78, 5) is 29.9. The molecule has 0 saturated heterocycles. The highest BCUT2D eigenvalue weighted by atomic mass is 16.6.